The molecular formula is C27H47NO4. The smallest absolute Gasteiger partial charge is 0.118 e. The summed E-state index contributed by atoms with van der Waals surface area (Å²) < 4.78 is 5.21. The number of β-amino-alcohol motifs (C(OH)–C–C–N with tert-alkyl or cyclic N) is 1. The molecule has 3 unspecified atom stereocenters. The molecule has 0 saturated carbocycles. The van der Waals surface area contributed by atoms with Gasteiger partial charge in [0.1, 0.15) is 5.75 Å². The summed E-state index contributed by atoms with van der Waals surface area (Å²) in [5.74, 6) is 2.21. The molecule has 1 heterocycles. The molecule has 1 fully saturated rings. The molecule has 5 nitrogen and oxygen atoms in total. The van der Waals surface area contributed by atoms with E-state index in [1.54, 1.807) is 14.0 Å². The van der Waals surface area contributed by atoms with Crippen molar-refractivity contribution in [2.75, 3.05) is 26.7 Å². The maximum atomic E-state index is 11.1. The Bertz CT molecular complexity index is 650. The molecular weight excluding hydrogens is 402 g/mol. The lowest BCUT2D eigenvalue weighted by Crippen LogP contribution is -2.50. The van der Waals surface area contributed by atoms with E-state index in [1.165, 1.54) is 19.3 Å². The normalized spacial score (nSPS) is 20.7. The van der Waals surface area contributed by atoms with Crippen molar-refractivity contribution in [2.24, 2.45) is 11.8 Å². The molecule has 0 aliphatic carbocycles. The minimum absolute atomic E-state index is 0.440. The molecule has 1 aliphatic rings. The van der Waals surface area contributed by atoms with Gasteiger partial charge in [0.15, 0.2) is 0 Å². The number of hydrogen-bond donors (Lipinski definition) is 3. The van der Waals surface area contributed by atoms with Crippen LogP contribution in [0.1, 0.15) is 84.6 Å². The number of methoxy groups -OCH3 is 1. The van der Waals surface area contributed by atoms with Gasteiger partial charge < -0.3 is 25.0 Å². The number of nitrogens with zero attached hydrogens (tertiary/aromatic N) is 1. The van der Waals surface area contributed by atoms with Gasteiger partial charge in [-0.3, -0.25) is 0 Å². The Hall–Kier alpha value is -1.14. The van der Waals surface area contributed by atoms with E-state index in [2.05, 4.69) is 25.7 Å². The number of hydrogen-bond acceptors (Lipinski definition) is 5. The maximum Gasteiger partial charge on any atom is 0.118 e. The van der Waals surface area contributed by atoms with Gasteiger partial charge in [0.25, 0.3) is 0 Å². The molecule has 0 bridgehead atoms. The van der Waals surface area contributed by atoms with E-state index < -0.39 is 17.3 Å². The predicted molar refractivity (Wildman–Crippen MR) is 131 cm³/mol. The highest BCUT2D eigenvalue weighted by molar-refractivity contribution is 5.31. The zero-order chi connectivity index (χ0) is 23.8. The molecule has 1 aromatic carbocycles. The minimum atomic E-state index is -1.08. The highest BCUT2D eigenvalue weighted by atomic mass is 16.5. The van der Waals surface area contributed by atoms with Gasteiger partial charge in [-0.1, -0.05) is 65.0 Å². The zero-order valence-corrected chi connectivity index (χ0v) is 21.0. The van der Waals surface area contributed by atoms with Crippen LogP contribution in [-0.4, -0.2) is 58.7 Å². The minimum Gasteiger partial charge on any atom is -0.497 e. The first-order valence-corrected chi connectivity index (χ1v) is 12.6. The number of ether oxygens (including phenoxy) is 1. The molecule has 1 aliphatic heterocycles. The number of aliphatic hydroxyl groups excluding tert-OH is 1. The van der Waals surface area contributed by atoms with Crippen molar-refractivity contribution in [3.8, 4) is 5.75 Å². The molecule has 0 spiro atoms. The summed E-state index contributed by atoms with van der Waals surface area (Å²) in [4.78, 5) is 2.16. The van der Waals surface area contributed by atoms with Crippen LogP contribution in [-0.2, 0) is 5.60 Å². The molecule has 2 rings (SSSR count). The van der Waals surface area contributed by atoms with Crippen LogP contribution < -0.4 is 4.74 Å². The van der Waals surface area contributed by atoms with Crippen molar-refractivity contribution in [3.63, 3.8) is 0 Å². The third-order valence-corrected chi connectivity index (χ3v) is 7.32. The standard InChI is InChI=1S/C27H47NO4/c1-21(2)8-6-9-22(3)10-7-15-26(4,30)25(29)20-28-18-16-27(31,17-19-28)23-11-13-24(32-5)14-12-23/h11-14,21-22,25,29-31H,6-10,15-20H2,1-5H3. The van der Waals surface area contributed by atoms with Crippen LogP contribution in [0.3, 0.4) is 0 Å². The van der Waals surface area contributed by atoms with Crippen LogP contribution in [0, 0.1) is 11.8 Å². The van der Waals surface area contributed by atoms with Gasteiger partial charge in [0.05, 0.1) is 24.4 Å². The highest BCUT2D eigenvalue weighted by Gasteiger charge is 2.37. The SMILES string of the molecule is COc1ccc(C2(O)CCN(CC(O)C(C)(O)CCCC(C)CCCC(C)C)CC2)cc1. The summed E-state index contributed by atoms with van der Waals surface area (Å²) in [7, 11) is 1.64. The van der Waals surface area contributed by atoms with Crippen LogP contribution in [0.5, 0.6) is 5.75 Å². The summed E-state index contributed by atoms with van der Waals surface area (Å²) in [6.45, 7) is 10.4. The van der Waals surface area contributed by atoms with E-state index in [0.29, 0.717) is 44.8 Å². The van der Waals surface area contributed by atoms with E-state index in [9.17, 15) is 15.3 Å². The Morgan fingerprint density at radius 1 is 1.03 bits per heavy atom. The first-order chi connectivity index (χ1) is 15.1. The van der Waals surface area contributed by atoms with Gasteiger partial charge in [-0.2, -0.15) is 0 Å². The molecule has 0 radical (unpaired) electrons. The van der Waals surface area contributed by atoms with Crippen molar-refractivity contribution in [2.45, 2.75) is 96.4 Å². The van der Waals surface area contributed by atoms with Gasteiger partial charge in [0, 0.05) is 19.6 Å². The molecule has 1 aromatic rings. The molecule has 32 heavy (non-hydrogen) atoms. The average molecular weight is 450 g/mol. The van der Waals surface area contributed by atoms with Crippen molar-refractivity contribution < 1.29 is 20.1 Å². The van der Waals surface area contributed by atoms with E-state index in [0.717, 1.165) is 30.1 Å². The Kier molecular flexibility index (Phi) is 10.5. The van der Waals surface area contributed by atoms with Crippen LogP contribution in [0.15, 0.2) is 24.3 Å². The maximum absolute atomic E-state index is 11.1. The summed E-state index contributed by atoms with van der Waals surface area (Å²) >= 11 is 0. The molecule has 1 saturated heterocycles. The van der Waals surface area contributed by atoms with E-state index in [1.807, 2.05) is 24.3 Å². The third kappa shape index (κ3) is 8.33. The van der Waals surface area contributed by atoms with Crippen molar-refractivity contribution in [1.82, 2.24) is 4.90 Å². The van der Waals surface area contributed by atoms with Crippen molar-refractivity contribution in [3.05, 3.63) is 29.8 Å². The first-order valence-electron chi connectivity index (χ1n) is 12.6. The van der Waals surface area contributed by atoms with Crippen LogP contribution in [0.25, 0.3) is 0 Å². The monoisotopic (exact) mass is 449 g/mol. The van der Waals surface area contributed by atoms with Crippen molar-refractivity contribution >= 4 is 0 Å². The topological polar surface area (TPSA) is 73.2 Å². The second-order valence-electron chi connectivity index (χ2n) is 10.8. The second-order valence-corrected chi connectivity index (χ2v) is 10.8. The third-order valence-electron chi connectivity index (χ3n) is 7.32. The first kappa shape index (κ1) is 27.1. The predicted octanol–water partition coefficient (Wildman–Crippen LogP) is 4.72. The fourth-order valence-corrected chi connectivity index (χ4v) is 4.73. The lowest BCUT2D eigenvalue weighted by atomic mass is 9.83. The van der Waals surface area contributed by atoms with Crippen LogP contribution in [0.4, 0.5) is 0 Å². The number of piperidine rings is 1. The van der Waals surface area contributed by atoms with Crippen LogP contribution in [0.2, 0.25) is 0 Å². The molecule has 0 amide bonds. The molecule has 0 aromatic heterocycles. The van der Waals surface area contributed by atoms with Gasteiger partial charge in [-0.15, -0.1) is 0 Å². The Morgan fingerprint density at radius 3 is 2.19 bits per heavy atom. The summed E-state index contributed by atoms with van der Waals surface area (Å²) in [5.41, 5.74) is -1.02. The summed E-state index contributed by atoms with van der Waals surface area (Å²) in [6.07, 6.45) is 6.89. The van der Waals surface area contributed by atoms with E-state index in [4.69, 9.17) is 4.74 Å². The van der Waals surface area contributed by atoms with Crippen molar-refractivity contribution in [1.29, 1.82) is 0 Å². The lowest BCUT2D eigenvalue weighted by Gasteiger charge is -2.41. The van der Waals surface area contributed by atoms with Gasteiger partial charge >= 0.3 is 0 Å². The van der Waals surface area contributed by atoms with Crippen LogP contribution >= 0.6 is 0 Å². The van der Waals surface area contributed by atoms with E-state index in [-0.39, 0.29) is 0 Å². The molecule has 5 heteroatoms. The average Bonchev–Trinajstić information content (AvgIpc) is 2.75. The lowest BCUT2D eigenvalue weighted by molar-refractivity contribution is -0.0924. The molecule has 3 N–H and O–H groups in total. The van der Waals surface area contributed by atoms with Gasteiger partial charge in [-0.25, -0.2) is 0 Å². The molecule has 184 valence electrons. The number of aliphatic hydroxyl groups is 3. The second kappa shape index (κ2) is 12.4. The summed E-state index contributed by atoms with van der Waals surface area (Å²) in [6, 6.07) is 7.62. The molecule has 3 atom stereocenters. The highest BCUT2D eigenvalue weighted by Crippen LogP contribution is 2.34. The number of benzene rings is 1. The quantitative estimate of drug-likeness (QED) is 0.406. The number of likely N-dealkylation sites (tertiary alicyclic amines) is 1. The Labute approximate surface area is 195 Å². The number of rotatable bonds is 13. The summed E-state index contributed by atoms with van der Waals surface area (Å²) in [5, 5.41) is 32.7. The van der Waals surface area contributed by atoms with Gasteiger partial charge in [-0.05, 0) is 55.7 Å². The Balaban J connectivity index is 1.74. The fourth-order valence-electron chi connectivity index (χ4n) is 4.73. The van der Waals surface area contributed by atoms with E-state index >= 15 is 0 Å². The Morgan fingerprint density at radius 2 is 1.62 bits per heavy atom. The zero-order valence-electron chi connectivity index (χ0n) is 21.0. The fraction of sp³-hybridized carbons (Fsp3) is 0.778. The van der Waals surface area contributed by atoms with Gasteiger partial charge in [0.2, 0.25) is 0 Å². The largest absolute Gasteiger partial charge is 0.497 e.